The van der Waals surface area contributed by atoms with Gasteiger partial charge in [0.2, 0.25) is 0 Å². The Labute approximate surface area is 157 Å². The number of hydrogen-bond acceptors (Lipinski definition) is 3. The molecule has 0 radical (unpaired) electrons. The summed E-state index contributed by atoms with van der Waals surface area (Å²) in [6, 6.07) is 7.81. The Morgan fingerprint density at radius 1 is 1.24 bits per heavy atom. The van der Waals surface area contributed by atoms with E-state index in [2.05, 4.69) is 11.6 Å². The predicted octanol–water partition coefficient (Wildman–Crippen LogP) is 6.11. The van der Waals surface area contributed by atoms with Gasteiger partial charge in [0, 0.05) is 27.4 Å². The van der Waals surface area contributed by atoms with E-state index in [1.807, 2.05) is 0 Å². The van der Waals surface area contributed by atoms with Crippen LogP contribution in [0, 0.1) is 0 Å². The Balaban J connectivity index is 2.59. The monoisotopic (exact) mass is 404 g/mol. The summed E-state index contributed by atoms with van der Waals surface area (Å²) in [6.45, 7) is 3.65. The molecule has 0 saturated carbocycles. The Hall–Kier alpha value is -1.63. The quantitative estimate of drug-likeness (QED) is 0.610. The maximum Gasteiger partial charge on any atom is 0.417 e. The van der Waals surface area contributed by atoms with Crippen LogP contribution < -0.4 is 5.73 Å². The lowest BCUT2D eigenvalue weighted by Crippen LogP contribution is -2.09. The van der Waals surface area contributed by atoms with Gasteiger partial charge >= 0.3 is 6.18 Å². The van der Waals surface area contributed by atoms with E-state index in [0.717, 1.165) is 6.07 Å². The second-order valence-corrected chi connectivity index (χ2v) is 6.72. The highest BCUT2D eigenvalue weighted by Gasteiger charge is 2.32. The molecule has 1 aromatic carbocycles. The van der Waals surface area contributed by atoms with E-state index in [-0.39, 0.29) is 16.4 Å². The number of halogens is 5. The van der Waals surface area contributed by atoms with Crippen LogP contribution in [0.3, 0.4) is 0 Å². The fraction of sp³-hybridized carbons (Fsp3) is 0.118. The third-order valence-corrected chi connectivity index (χ3v) is 4.88. The topological polar surface area (TPSA) is 38.9 Å². The number of thioether (sulfide) groups is 1. The summed E-state index contributed by atoms with van der Waals surface area (Å²) in [5, 5.41) is 0.274. The number of rotatable bonds is 5. The number of aromatic nitrogens is 1. The summed E-state index contributed by atoms with van der Waals surface area (Å²) in [7, 11) is 0. The highest BCUT2D eigenvalue weighted by atomic mass is 35.5. The average Bonchev–Trinajstić information content (AvgIpc) is 2.55. The van der Waals surface area contributed by atoms with E-state index in [9.17, 15) is 13.2 Å². The largest absolute Gasteiger partial charge is 0.417 e. The van der Waals surface area contributed by atoms with Crippen LogP contribution in [0.15, 0.2) is 49.2 Å². The zero-order valence-corrected chi connectivity index (χ0v) is 15.1. The van der Waals surface area contributed by atoms with Crippen LogP contribution in [0.5, 0.6) is 0 Å². The normalized spacial score (nSPS) is 12.7. The molecular formula is C17H13Cl2F3N2S. The van der Waals surface area contributed by atoms with Crippen molar-refractivity contribution in [3.63, 3.8) is 0 Å². The minimum Gasteiger partial charge on any atom is -0.396 e. The van der Waals surface area contributed by atoms with E-state index in [1.165, 1.54) is 11.8 Å². The van der Waals surface area contributed by atoms with Gasteiger partial charge in [-0.05, 0) is 12.1 Å². The van der Waals surface area contributed by atoms with Crippen molar-refractivity contribution in [1.29, 1.82) is 0 Å². The Morgan fingerprint density at radius 2 is 1.92 bits per heavy atom. The molecule has 2 N–H and O–H groups in total. The molecule has 1 heterocycles. The number of pyridine rings is 1. The van der Waals surface area contributed by atoms with Gasteiger partial charge in [-0.25, -0.2) is 0 Å². The van der Waals surface area contributed by atoms with Crippen LogP contribution in [0.2, 0.25) is 10.0 Å². The average molecular weight is 405 g/mol. The zero-order valence-electron chi connectivity index (χ0n) is 12.8. The molecular weight excluding hydrogens is 392 g/mol. The molecule has 0 aliphatic heterocycles. The maximum absolute atomic E-state index is 12.8. The molecule has 0 amide bonds. The first-order valence-corrected chi connectivity index (χ1v) is 8.71. The van der Waals surface area contributed by atoms with Crippen molar-refractivity contribution in [1.82, 2.24) is 4.98 Å². The summed E-state index contributed by atoms with van der Waals surface area (Å²) in [6.07, 6.45) is -2.15. The van der Waals surface area contributed by atoms with Crippen LogP contribution in [-0.4, -0.2) is 10.7 Å². The first-order chi connectivity index (χ1) is 11.8. The molecule has 0 aliphatic carbocycles. The van der Waals surface area contributed by atoms with E-state index < -0.39 is 11.7 Å². The van der Waals surface area contributed by atoms with Gasteiger partial charge in [0.1, 0.15) is 5.69 Å². The van der Waals surface area contributed by atoms with E-state index in [4.69, 9.17) is 28.9 Å². The van der Waals surface area contributed by atoms with Crippen LogP contribution >= 0.6 is 35.0 Å². The minimum atomic E-state index is -4.53. The highest BCUT2D eigenvalue weighted by molar-refractivity contribution is 8.08. The van der Waals surface area contributed by atoms with Gasteiger partial charge in [-0.1, -0.05) is 47.5 Å². The van der Waals surface area contributed by atoms with E-state index >= 15 is 0 Å². The van der Waals surface area contributed by atoms with Crippen molar-refractivity contribution >= 4 is 45.6 Å². The molecule has 2 nitrogen and oxygen atoms in total. The first kappa shape index (κ1) is 19.7. The third kappa shape index (κ3) is 4.71. The predicted molar refractivity (Wildman–Crippen MR) is 99.4 cm³/mol. The van der Waals surface area contributed by atoms with Gasteiger partial charge in [0.15, 0.2) is 0 Å². The summed E-state index contributed by atoms with van der Waals surface area (Å²) in [5.41, 5.74) is 6.11. The summed E-state index contributed by atoms with van der Waals surface area (Å²) < 4.78 is 38.3. The zero-order chi connectivity index (χ0) is 18.6. The first-order valence-electron chi connectivity index (χ1n) is 6.97. The smallest absolute Gasteiger partial charge is 0.396 e. The van der Waals surface area contributed by atoms with Crippen molar-refractivity contribution < 1.29 is 13.2 Å². The number of nitrogens with zero attached hydrogens (tertiary/aromatic N) is 1. The fourth-order valence-corrected chi connectivity index (χ4v) is 3.41. The lowest BCUT2D eigenvalue weighted by atomic mass is 10.1. The lowest BCUT2D eigenvalue weighted by molar-refractivity contribution is -0.137. The van der Waals surface area contributed by atoms with E-state index in [1.54, 1.807) is 30.3 Å². The third-order valence-electron chi connectivity index (χ3n) is 3.13. The molecule has 0 atom stereocenters. The van der Waals surface area contributed by atoms with Crippen molar-refractivity contribution in [3.8, 4) is 0 Å². The van der Waals surface area contributed by atoms with E-state index in [0.29, 0.717) is 27.4 Å². The minimum absolute atomic E-state index is 0.0705. The molecule has 1 aromatic heterocycles. The summed E-state index contributed by atoms with van der Waals surface area (Å²) in [5.74, 6) is 0.527. The molecule has 0 unspecified atom stereocenters. The number of nitrogens with two attached hydrogens (primary N) is 1. The molecule has 0 fully saturated rings. The second kappa shape index (κ2) is 8.17. The SMILES string of the molecule is C=CCS/C(=C(/N)c1ncc(C(F)(F)F)cc1Cl)c1ccccc1Cl. The van der Waals surface area contributed by atoms with Crippen molar-refractivity contribution in [3.05, 3.63) is 76.0 Å². The van der Waals surface area contributed by atoms with Gasteiger partial charge in [0.25, 0.3) is 0 Å². The molecule has 0 bridgehead atoms. The molecule has 0 spiro atoms. The van der Waals surface area contributed by atoms with Crippen LogP contribution in [0.4, 0.5) is 13.2 Å². The summed E-state index contributed by atoms with van der Waals surface area (Å²) in [4.78, 5) is 4.38. The Morgan fingerprint density at radius 3 is 2.48 bits per heavy atom. The second-order valence-electron chi connectivity index (χ2n) is 4.87. The van der Waals surface area contributed by atoms with Gasteiger partial charge in [0.05, 0.1) is 16.3 Å². The molecule has 132 valence electrons. The highest BCUT2D eigenvalue weighted by Crippen LogP contribution is 2.39. The van der Waals surface area contributed by atoms with Crippen molar-refractivity contribution in [2.24, 2.45) is 5.73 Å². The Bertz CT molecular complexity index is 820. The van der Waals surface area contributed by atoms with Crippen LogP contribution in [0.1, 0.15) is 16.8 Å². The van der Waals surface area contributed by atoms with Gasteiger partial charge in [-0.15, -0.1) is 18.3 Å². The van der Waals surface area contributed by atoms with Gasteiger partial charge < -0.3 is 5.73 Å². The molecule has 0 saturated heterocycles. The lowest BCUT2D eigenvalue weighted by Gasteiger charge is -2.14. The van der Waals surface area contributed by atoms with Crippen LogP contribution in [-0.2, 0) is 6.18 Å². The number of benzene rings is 1. The molecule has 8 heteroatoms. The van der Waals surface area contributed by atoms with Crippen molar-refractivity contribution in [2.75, 3.05) is 5.75 Å². The van der Waals surface area contributed by atoms with Crippen molar-refractivity contribution in [2.45, 2.75) is 6.18 Å². The molecule has 2 rings (SSSR count). The molecule has 2 aromatic rings. The maximum atomic E-state index is 12.8. The number of alkyl halides is 3. The summed E-state index contributed by atoms with van der Waals surface area (Å²) >= 11 is 13.6. The molecule has 0 aliphatic rings. The van der Waals surface area contributed by atoms with Gasteiger partial charge in [-0.3, -0.25) is 4.98 Å². The number of hydrogen-bond donors (Lipinski definition) is 1. The van der Waals surface area contributed by atoms with Gasteiger partial charge in [-0.2, -0.15) is 13.2 Å². The fourth-order valence-electron chi connectivity index (χ4n) is 1.99. The standard InChI is InChI=1S/C17H13Cl2F3N2S/c1-2-7-25-16(11-5-3-4-6-12(11)18)14(23)15-13(19)8-10(9-24-15)17(20,21)22/h2-6,8-9H,1,7,23H2/b16-14+. The van der Waals surface area contributed by atoms with Crippen LogP contribution in [0.25, 0.3) is 10.6 Å². The Kier molecular flexibility index (Phi) is 6.43. The molecule has 25 heavy (non-hydrogen) atoms.